The maximum Gasteiger partial charge on any atom is 0.218 e. The second-order valence-electron chi connectivity index (χ2n) is 4.80. The Morgan fingerprint density at radius 3 is 2.57 bits per heavy atom. The van der Waals surface area contributed by atoms with Gasteiger partial charge in [0, 0.05) is 20.1 Å². The summed E-state index contributed by atoms with van der Waals surface area (Å²) in [5, 5.41) is 1.95. The van der Waals surface area contributed by atoms with Crippen LogP contribution in [0.1, 0.15) is 16.7 Å². The molecule has 2 rings (SSSR count). The topological polar surface area (TPSA) is 63.4 Å². The van der Waals surface area contributed by atoms with E-state index in [-0.39, 0.29) is 5.75 Å². The minimum absolute atomic E-state index is 0.0113. The second-order valence-corrected chi connectivity index (χ2v) is 9.16. The lowest BCUT2D eigenvalue weighted by atomic mass is 10.1. The van der Waals surface area contributed by atoms with E-state index in [1.165, 1.54) is 4.31 Å². The number of hydrogen-bond acceptors (Lipinski definition) is 4. The number of thiophene rings is 1. The Bertz CT molecular complexity index is 713. The average molecular weight is 389 g/mol. The van der Waals surface area contributed by atoms with Gasteiger partial charge in [0.15, 0.2) is 0 Å². The van der Waals surface area contributed by atoms with Crippen LogP contribution in [0.15, 0.2) is 39.5 Å². The number of halogens is 1. The molecule has 0 atom stereocenters. The molecule has 0 spiro atoms. The molecule has 0 amide bonds. The van der Waals surface area contributed by atoms with Crippen LogP contribution >= 0.6 is 27.3 Å². The highest BCUT2D eigenvalue weighted by Gasteiger charge is 2.19. The summed E-state index contributed by atoms with van der Waals surface area (Å²) in [7, 11) is -1.74. The van der Waals surface area contributed by atoms with E-state index in [0.29, 0.717) is 13.1 Å². The Hall–Kier alpha value is -0.730. The fourth-order valence-electron chi connectivity index (χ4n) is 1.95. The van der Waals surface area contributed by atoms with Crippen molar-refractivity contribution in [3.63, 3.8) is 0 Å². The molecule has 0 unspecified atom stereocenters. The zero-order chi connectivity index (χ0) is 15.5. The first-order chi connectivity index (χ1) is 9.90. The zero-order valence-corrected chi connectivity index (χ0v) is 14.8. The molecule has 0 saturated carbocycles. The minimum Gasteiger partial charge on any atom is -0.326 e. The number of benzene rings is 1. The summed E-state index contributed by atoms with van der Waals surface area (Å²) in [6.07, 6.45) is 0. The molecular weight excluding hydrogens is 372 g/mol. The quantitative estimate of drug-likeness (QED) is 0.826. The van der Waals surface area contributed by atoms with Gasteiger partial charge in [-0.3, -0.25) is 0 Å². The molecular formula is C14H17BrN2O2S2. The van der Waals surface area contributed by atoms with E-state index in [4.69, 9.17) is 5.73 Å². The van der Waals surface area contributed by atoms with Gasteiger partial charge in [0.2, 0.25) is 10.0 Å². The lowest BCUT2D eigenvalue weighted by Crippen LogP contribution is -2.27. The molecule has 1 heterocycles. The van der Waals surface area contributed by atoms with Gasteiger partial charge in [-0.2, -0.15) is 0 Å². The van der Waals surface area contributed by atoms with Crippen LogP contribution in [0.5, 0.6) is 0 Å². The molecule has 7 heteroatoms. The summed E-state index contributed by atoms with van der Waals surface area (Å²) in [4.78, 5) is 0. The molecule has 0 saturated heterocycles. The monoisotopic (exact) mass is 388 g/mol. The van der Waals surface area contributed by atoms with Crippen molar-refractivity contribution < 1.29 is 8.42 Å². The van der Waals surface area contributed by atoms with Crippen molar-refractivity contribution in [1.82, 2.24) is 4.31 Å². The number of rotatable bonds is 6. The Kier molecular flexibility index (Phi) is 5.56. The second kappa shape index (κ2) is 7.02. The maximum atomic E-state index is 12.4. The lowest BCUT2D eigenvalue weighted by Gasteiger charge is -2.16. The first-order valence-corrected chi connectivity index (χ1v) is 9.63. The van der Waals surface area contributed by atoms with Crippen molar-refractivity contribution in [2.45, 2.75) is 18.8 Å². The highest BCUT2D eigenvalue weighted by atomic mass is 79.9. The van der Waals surface area contributed by atoms with Gasteiger partial charge in [-0.05, 0) is 44.1 Å². The lowest BCUT2D eigenvalue weighted by molar-refractivity contribution is 0.466. The summed E-state index contributed by atoms with van der Waals surface area (Å²) in [5.41, 5.74) is 8.26. The number of hydrogen-bond donors (Lipinski definition) is 1. The highest BCUT2D eigenvalue weighted by Crippen LogP contribution is 2.22. The molecule has 2 N–H and O–H groups in total. The SMILES string of the molecule is CN(Cc1csc(Br)c1)S(=O)(=O)Cc1cccc(CN)c1. The van der Waals surface area contributed by atoms with E-state index in [1.54, 1.807) is 18.4 Å². The van der Waals surface area contributed by atoms with Crippen LogP contribution in [0.2, 0.25) is 0 Å². The number of nitrogens with zero attached hydrogens (tertiary/aromatic N) is 1. The van der Waals surface area contributed by atoms with Crippen molar-refractivity contribution in [3.05, 3.63) is 56.2 Å². The predicted octanol–water partition coefficient (Wildman–Crippen LogP) is 2.93. The van der Waals surface area contributed by atoms with Crippen LogP contribution in [-0.2, 0) is 28.9 Å². The van der Waals surface area contributed by atoms with Crippen molar-refractivity contribution >= 4 is 37.3 Å². The Morgan fingerprint density at radius 1 is 1.24 bits per heavy atom. The normalized spacial score (nSPS) is 12.0. The van der Waals surface area contributed by atoms with Crippen LogP contribution in [0.4, 0.5) is 0 Å². The van der Waals surface area contributed by atoms with Gasteiger partial charge >= 0.3 is 0 Å². The summed E-state index contributed by atoms with van der Waals surface area (Å²) in [5.74, 6) is -0.0113. The van der Waals surface area contributed by atoms with Gasteiger partial charge < -0.3 is 5.73 Å². The van der Waals surface area contributed by atoms with Crippen molar-refractivity contribution in [3.8, 4) is 0 Å². The first kappa shape index (κ1) is 16.6. The molecule has 114 valence electrons. The van der Waals surface area contributed by atoms with E-state index < -0.39 is 10.0 Å². The molecule has 0 fully saturated rings. The fraction of sp³-hybridized carbons (Fsp3) is 0.286. The molecule has 1 aromatic carbocycles. The van der Waals surface area contributed by atoms with E-state index >= 15 is 0 Å². The molecule has 2 aromatic rings. The number of nitrogens with two attached hydrogens (primary N) is 1. The van der Waals surface area contributed by atoms with Gasteiger partial charge in [0.05, 0.1) is 9.54 Å². The van der Waals surface area contributed by atoms with Gasteiger partial charge in [-0.1, -0.05) is 24.3 Å². The van der Waals surface area contributed by atoms with Crippen LogP contribution in [0.25, 0.3) is 0 Å². The molecule has 4 nitrogen and oxygen atoms in total. The van der Waals surface area contributed by atoms with Crippen molar-refractivity contribution in [2.75, 3.05) is 7.05 Å². The molecule has 1 aromatic heterocycles. The van der Waals surface area contributed by atoms with Gasteiger partial charge in [-0.25, -0.2) is 12.7 Å². The van der Waals surface area contributed by atoms with Gasteiger partial charge in [-0.15, -0.1) is 11.3 Å². The molecule has 0 aliphatic heterocycles. The standard InChI is InChI=1S/C14H17BrN2O2S2/c1-17(8-13-6-14(15)20-9-13)21(18,19)10-12-4-2-3-11(5-12)7-16/h2-6,9H,7-8,10,16H2,1H3. The third-order valence-electron chi connectivity index (χ3n) is 3.08. The van der Waals surface area contributed by atoms with E-state index in [2.05, 4.69) is 15.9 Å². The minimum atomic E-state index is -3.35. The molecule has 0 aliphatic carbocycles. The molecule has 0 bridgehead atoms. The van der Waals surface area contributed by atoms with Gasteiger partial charge in [0.25, 0.3) is 0 Å². The van der Waals surface area contributed by atoms with E-state index in [1.807, 2.05) is 35.7 Å². The summed E-state index contributed by atoms with van der Waals surface area (Å²) >= 11 is 4.93. The van der Waals surface area contributed by atoms with E-state index in [0.717, 1.165) is 20.5 Å². The van der Waals surface area contributed by atoms with Crippen molar-refractivity contribution in [2.24, 2.45) is 5.73 Å². The third kappa shape index (κ3) is 4.62. The van der Waals surface area contributed by atoms with E-state index in [9.17, 15) is 8.42 Å². The predicted molar refractivity (Wildman–Crippen MR) is 90.4 cm³/mol. The zero-order valence-electron chi connectivity index (χ0n) is 11.6. The van der Waals surface area contributed by atoms with Gasteiger partial charge in [0.1, 0.15) is 0 Å². The highest BCUT2D eigenvalue weighted by molar-refractivity contribution is 9.11. The van der Waals surface area contributed by atoms with Crippen molar-refractivity contribution in [1.29, 1.82) is 0 Å². The summed E-state index contributed by atoms with van der Waals surface area (Å²) < 4.78 is 27.2. The van der Waals surface area contributed by atoms with Crippen LogP contribution in [0, 0.1) is 0 Å². The Morgan fingerprint density at radius 2 is 1.95 bits per heavy atom. The number of sulfonamides is 1. The maximum absolute atomic E-state index is 12.4. The molecule has 21 heavy (non-hydrogen) atoms. The van der Waals surface area contributed by atoms with Crippen LogP contribution in [-0.4, -0.2) is 19.8 Å². The fourth-order valence-corrected chi connectivity index (χ4v) is 4.32. The Labute approximate surface area is 137 Å². The smallest absolute Gasteiger partial charge is 0.218 e. The largest absolute Gasteiger partial charge is 0.326 e. The Balaban J connectivity index is 2.09. The molecule has 0 radical (unpaired) electrons. The average Bonchev–Trinajstić information content (AvgIpc) is 2.83. The van der Waals surface area contributed by atoms with Crippen LogP contribution in [0.3, 0.4) is 0 Å². The summed E-state index contributed by atoms with van der Waals surface area (Å²) in [6.45, 7) is 0.785. The summed E-state index contributed by atoms with van der Waals surface area (Å²) in [6, 6.07) is 9.32. The first-order valence-electron chi connectivity index (χ1n) is 6.35. The van der Waals surface area contributed by atoms with Crippen LogP contribution < -0.4 is 5.73 Å². The molecule has 0 aliphatic rings. The third-order valence-corrected chi connectivity index (χ3v) is 6.41.